The summed E-state index contributed by atoms with van der Waals surface area (Å²) in [5, 5.41) is 3.85. The Morgan fingerprint density at radius 2 is 1.86 bits per heavy atom. The number of H-pyrrole nitrogens is 1. The summed E-state index contributed by atoms with van der Waals surface area (Å²) in [4.78, 5) is 26.6. The fourth-order valence-corrected chi connectivity index (χ4v) is 3.39. The van der Waals surface area contributed by atoms with E-state index in [1.807, 2.05) is 36.5 Å². The van der Waals surface area contributed by atoms with Crippen LogP contribution in [0.25, 0.3) is 22.0 Å². The molecule has 1 aliphatic heterocycles. The van der Waals surface area contributed by atoms with Crippen LogP contribution in [0.2, 0.25) is 0 Å². The van der Waals surface area contributed by atoms with Gasteiger partial charge in [-0.1, -0.05) is 34.1 Å². The second-order valence-corrected chi connectivity index (χ2v) is 5.88. The molecule has 3 aromatic rings. The predicted molar refractivity (Wildman–Crippen MR) is 88.6 cm³/mol. The highest BCUT2D eigenvalue weighted by molar-refractivity contribution is 9.10. The van der Waals surface area contributed by atoms with Crippen LogP contribution in [0.4, 0.5) is 5.69 Å². The summed E-state index contributed by atoms with van der Waals surface area (Å²) >= 11 is 3.52. The van der Waals surface area contributed by atoms with Crippen LogP contribution in [-0.2, 0) is 4.79 Å². The van der Waals surface area contributed by atoms with Gasteiger partial charge in [0, 0.05) is 32.7 Å². The number of allylic oxidation sites excluding steroid dienone is 1. The lowest BCUT2D eigenvalue weighted by Crippen LogP contribution is -2.01. The monoisotopic (exact) mass is 352 g/mol. The number of Topliss-reactive ketones (excluding diaryl/α,β-unsaturated/α-hetero) is 1. The molecule has 1 aromatic heterocycles. The quantitative estimate of drug-likeness (QED) is 0.515. The average Bonchev–Trinajstić information content (AvgIpc) is 3.09. The molecule has 0 amide bonds. The van der Waals surface area contributed by atoms with E-state index in [1.54, 1.807) is 12.0 Å². The van der Waals surface area contributed by atoms with Gasteiger partial charge < -0.3 is 10.3 Å². The van der Waals surface area contributed by atoms with Crippen LogP contribution in [0.3, 0.4) is 0 Å². The van der Waals surface area contributed by atoms with E-state index in [0.717, 1.165) is 26.5 Å². The minimum Gasteiger partial charge on any atom is -0.361 e. The third kappa shape index (κ3) is 1.70. The van der Waals surface area contributed by atoms with Gasteiger partial charge in [-0.15, -0.1) is 0 Å². The number of benzene rings is 2. The van der Waals surface area contributed by atoms with E-state index in [4.69, 9.17) is 0 Å². The number of aromatic amines is 1. The minimum atomic E-state index is -0.327. The molecule has 0 bridgehead atoms. The number of anilines is 1. The van der Waals surface area contributed by atoms with E-state index >= 15 is 0 Å². The molecule has 2 heterocycles. The van der Waals surface area contributed by atoms with Crippen LogP contribution in [-0.4, -0.2) is 16.7 Å². The Morgan fingerprint density at radius 3 is 2.68 bits per heavy atom. The van der Waals surface area contributed by atoms with Gasteiger partial charge in [-0.25, -0.2) is 4.79 Å². The van der Waals surface area contributed by atoms with Crippen LogP contribution in [0, 0.1) is 0 Å². The molecule has 2 N–H and O–H groups in total. The summed E-state index contributed by atoms with van der Waals surface area (Å²) in [5.41, 5.74) is 3.77. The Labute approximate surface area is 134 Å². The lowest BCUT2D eigenvalue weighted by molar-refractivity contribution is 0.104. The molecule has 5 heteroatoms. The SMILES string of the molecule is O=C=C1Nc2ccc(Br)c(-c3c[nH]c4ccccc34)c2C1=O. The molecule has 0 atom stereocenters. The van der Waals surface area contributed by atoms with Crippen LogP contribution in [0.5, 0.6) is 0 Å². The number of halogens is 1. The second-order valence-electron chi connectivity index (χ2n) is 5.02. The maximum Gasteiger partial charge on any atom is 0.223 e. The molecule has 106 valence electrons. The van der Waals surface area contributed by atoms with Crippen LogP contribution >= 0.6 is 15.9 Å². The summed E-state index contributed by atoms with van der Waals surface area (Å²) in [6, 6.07) is 11.5. The number of hydrogen-bond acceptors (Lipinski definition) is 3. The number of carbonyl (C=O) groups excluding carboxylic acids is 2. The van der Waals surface area contributed by atoms with E-state index in [1.165, 1.54) is 0 Å². The highest BCUT2D eigenvalue weighted by Gasteiger charge is 2.31. The van der Waals surface area contributed by atoms with Gasteiger partial charge in [-0.05, 0) is 18.2 Å². The van der Waals surface area contributed by atoms with Crippen molar-refractivity contribution in [3.05, 3.63) is 58.3 Å². The molecule has 4 nitrogen and oxygen atoms in total. The van der Waals surface area contributed by atoms with Crippen molar-refractivity contribution in [3.63, 3.8) is 0 Å². The number of para-hydroxylation sites is 1. The Morgan fingerprint density at radius 1 is 1.05 bits per heavy atom. The first-order valence-electron chi connectivity index (χ1n) is 6.66. The molecular formula is C17H9BrN2O2. The molecule has 0 saturated carbocycles. The van der Waals surface area contributed by atoms with Crippen molar-refractivity contribution in [3.8, 4) is 11.1 Å². The van der Waals surface area contributed by atoms with E-state index in [9.17, 15) is 9.59 Å². The number of rotatable bonds is 1. The van der Waals surface area contributed by atoms with Crippen molar-refractivity contribution in [2.75, 3.05) is 5.32 Å². The van der Waals surface area contributed by atoms with Gasteiger partial charge in [0.1, 0.15) is 0 Å². The third-order valence-electron chi connectivity index (χ3n) is 3.83. The standard InChI is InChI=1S/C17H9BrN2O2/c18-11-5-6-13-16(17(22)14(8-21)20-13)15(11)10-7-19-12-4-2-1-3-9(10)12/h1-7,19-20H. The van der Waals surface area contributed by atoms with Crippen molar-refractivity contribution >= 4 is 44.2 Å². The van der Waals surface area contributed by atoms with Gasteiger partial charge in [-0.3, -0.25) is 4.79 Å². The first-order chi connectivity index (χ1) is 10.7. The molecule has 0 fully saturated rings. The number of aromatic nitrogens is 1. The largest absolute Gasteiger partial charge is 0.361 e. The van der Waals surface area contributed by atoms with E-state index in [0.29, 0.717) is 11.3 Å². The van der Waals surface area contributed by atoms with Crippen molar-refractivity contribution in [2.45, 2.75) is 0 Å². The van der Waals surface area contributed by atoms with Crippen LogP contribution in [0.1, 0.15) is 10.4 Å². The molecule has 0 spiro atoms. The fraction of sp³-hybridized carbons (Fsp3) is 0. The predicted octanol–water partition coefficient (Wildman–Crippen LogP) is 3.92. The summed E-state index contributed by atoms with van der Waals surface area (Å²) in [6.45, 7) is 0. The average molecular weight is 353 g/mol. The normalized spacial score (nSPS) is 13.1. The lowest BCUT2D eigenvalue weighted by Gasteiger charge is -2.08. The van der Waals surface area contributed by atoms with Crippen molar-refractivity contribution in [1.82, 2.24) is 4.98 Å². The van der Waals surface area contributed by atoms with Gasteiger partial charge in [0.25, 0.3) is 0 Å². The molecule has 4 rings (SSSR count). The first kappa shape index (κ1) is 13.1. The summed E-state index contributed by atoms with van der Waals surface area (Å²) < 4.78 is 0.804. The third-order valence-corrected chi connectivity index (χ3v) is 4.49. The van der Waals surface area contributed by atoms with Gasteiger partial charge in [0.2, 0.25) is 5.78 Å². The fourth-order valence-electron chi connectivity index (χ4n) is 2.85. The number of fused-ring (bicyclic) bond motifs is 2. The maximum absolute atomic E-state index is 12.4. The molecule has 2 aromatic carbocycles. The number of hydrogen-bond donors (Lipinski definition) is 2. The molecule has 0 radical (unpaired) electrons. The number of nitrogens with one attached hydrogen (secondary N) is 2. The van der Waals surface area contributed by atoms with E-state index in [-0.39, 0.29) is 11.5 Å². The van der Waals surface area contributed by atoms with Gasteiger partial charge in [-0.2, -0.15) is 0 Å². The zero-order valence-electron chi connectivity index (χ0n) is 11.2. The zero-order valence-corrected chi connectivity index (χ0v) is 12.8. The van der Waals surface area contributed by atoms with E-state index in [2.05, 4.69) is 26.2 Å². The zero-order chi connectivity index (χ0) is 15.3. The Balaban J connectivity index is 2.08. The molecule has 0 unspecified atom stereocenters. The minimum absolute atomic E-state index is 0.0470. The Hall–Kier alpha value is -2.62. The van der Waals surface area contributed by atoms with E-state index < -0.39 is 0 Å². The van der Waals surface area contributed by atoms with Crippen molar-refractivity contribution in [1.29, 1.82) is 0 Å². The highest BCUT2D eigenvalue weighted by Crippen LogP contribution is 2.42. The van der Waals surface area contributed by atoms with Crippen LogP contribution in [0.15, 0.2) is 52.8 Å². The number of carbonyl (C=O) groups is 1. The molecule has 0 aliphatic carbocycles. The van der Waals surface area contributed by atoms with Crippen LogP contribution < -0.4 is 5.32 Å². The molecule has 1 aliphatic rings. The second kappa shape index (κ2) is 4.70. The molecule has 0 saturated heterocycles. The number of ketones is 1. The summed E-state index contributed by atoms with van der Waals surface area (Å²) in [6.07, 6.45) is 1.88. The van der Waals surface area contributed by atoms with Crippen molar-refractivity contribution < 1.29 is 9.59 Å². The van der Waals surface area contributed by atoms with Gasteiger partial charge in [0.15, 0.2) is 11.6 Å². The summed E-state index contributed by atoms with van der Waals surface area (Å²) in [5.74, 6) is 1.35. The molecule has 22 heavy (non-hydrogen) atoms. The molecular weight excluding hydrogens is 344 g/mol. The first-order valence-corrected chi connectivity index (χ1v) is 7.46. The van der Waals surface area contributed by atoms with Gasteiger partial charge >= 0.3 is 0 Å². The summed E-state index contributed by atoms with van der Waals surface area (Å²) in [7, 11) is 0. The topological polar surface area (TPSA) is 62.0 Å². The Kier molecular flexibility index (Phi) is 2.79. The lowest BCUT2D eigenvalue weighted by atomic mass is 9.96. The maximum atomic E-state index is 12.4. The van der Waals surface area contributed by atoms with Gasteiger partial charge in [0.05, 0.1) is 11.3 Å². The van der Waals surface area contributed by atoms with Crippen molar-refractivity contribution in [2.24, 2.45) is 0 Å². The smallest absolute Gasteiger partial charge is 0.223 e. The Bertz CT molecular complexity index is 997. The highest BCUT2D eigenvalue weighted by atomic mass is 79.9.